The maximum Gasteiger partial charge on any atom is 0.338 e. The van der Waals surface area contributed by atoms with E-state index in [9.17, 15) is 4.79 Å². The molecule has 4 heteroatoms. The third-order valence-electron chi connectivity index (χ3n) is 3.49. The van der Waals surface area contributed by atoms with Crippen molar-refractivity contribution in [1.82, 2.24) is 5.32 Å². The predicted octanol–water partition coefficient (Wildman–Crippen LogP) is 2.35. The number of benzene rings is 1. The molecule has 0 bridgehead atoms. The Morgan fingerprint density at radius 2 is 2.00 bits per heavy atom. The molecule has 0 saturated heterocycles. The van der Waals surface area contributed by atoms with Crippen molar-refractivity contribution in [3.63, 3.8) is 0 Å². The number of carbonyl (C=O) groups is 1. The van der Waals surface area contributed by atoms with E-state index in [0.29, 0.717) is 23.9 Å². The van der Waals surface area contributed by atoms with Gasteiger partial charge in [0.2, 0.25) is 0 Å². The van der Waals surface area contributed by atoms with Crippen LogP contribution in [0.5, 0.6) is 0 Å². The van der Waals surface area contributed by atoms with Gasteiger partial charge in [-0.2, -0.15) is 0 Å². The smallest absolute Gasteiger partial charge is 0.338 e. The highest BCUT2D eigenvalue weighted by Crippen LogP contribution is 2.18. The molecular formula is C15H22N2O2. The second-order valence-corrected chi connectivity index (χ2v) is 5.27. The number of nitrogens with one attached hydrogen (secondary N) is 1. The van der Waals surface area contributed by atoms with Gasteiger partial charge in [0.1, 0.15) is 6.61 Å². The molecule has 1 unspecified atom stereocenters. The molecule has 1 aromatic carbocycles. The summed E-state index contributed by atoms with van der Waals surface area (Å²) in [6.45, 7) is 2.45. The Bertz CT molecular complexity index is 411. The van der Waals surface area contributed by atoms with Crippen molar-refractivity contribution in [2.24, 2.45) is 0 Å². The van der Waals surface area contributed by atoms with Crippen LogP contribution >= 0.6 is 0 Å². The van der Waals surface area contributed by atoms with E-state index in [2.05, 4.69) is 12.2 Å². The molecule has 0 heterocycles. The zero-order valence-electron chi connectivity index (χ0n) is 11.4. The summed E-state index contributed by atoms with van der Waals surface area (Å²) in [5.74, 6) is -0.292. The van der Waals surface area contributed by atoms with Crippen LogP contribution in [0, 0.1) is 0 Å². The van der Waals surface area contributed by atoms with Gasteiger partial charge in [-0.1, -0.05) is 12.8 Å². The molecule has 1 atom stereocenters. The Balaban J connectivity index is 1.74. The summed E-state index contributed by atoms with van der Waals surface area (Å²) in [5.41, 5.74) is 6.77. The molecule has 0 spiro atoms. The summed E-state index contributed by atoms with van der Waals surface area (Å²) in [7, 11) is 0. The van der Waals surface area contributed by atoms with E-state index in [4.69, 9.17) is 10.5 Å². The summed E-state index contributed by atoms with van der Waals surface area (Å²) >= 11 is 0. The second-order valence-electron chi connectivity index (χ2n) is 5.27. The number of rotatable bonds is 5. The van der Waals surface area contributed by atoms with E-state index in [0.717, 1.165) is 0 Å². The molecule has 0 radical (unpaired) electrons. The number of carbonyl (C=O) groups excluding carboxylic acids is 1. The van der Waals surface area contributed by atoms with E-state index in [1.807, 2.05) is 0 Å². The van der Waals surface area contributed by atoms with Gasteiger partial charge in [0.25, 0.3) is 0 Å². The highest BCUT2D eigenvalue weighted by atomic mass is 16.5. The van der Waals surface area contributed by atoms with Crippen LogP contribution in [0.25, 0.3) is 0 Å². The fraction of sp³-hybridized carbons (Fsp3) is 0.533. The minimum Gasteiger partial charge on any atom is -0.460 e. The predicted molar refractivity (Wildman–Crippen MR) is 76.0 cm³/mol. The first kappa shape index (κ1) is 13.9. The number of hydrogen-bond acceptors (Lipinski definition) is 4. The molecule has 2 rings (SSSR count). The molecule has 1 fully saturated rings. The standard InChI is InChI=1S/C15H22N2O2/c1-11(17-14-4-2-3-5-14)10-19-15(18)12-6-8-13(16)9-7-12/h6-9,11,14,17H,2-5,10,16H2,1H3. The third-order valence-corrected chi connectivity index (χ3v) is 3.49. The van der Waals surface area contributed by atoms with Crippen molar-refractivity contribution >= 4 is 11.7 Å². The summed E-state index contributed by atoms with van der Waals surface area (Å²) in [6.07, 6.45) is 5.07. The van der Waals surface area contributed by atoms with Crippen LogP contribution in [0.4, 0.5) is 5.69 Å². The average molecular weight is 262 g/mol. The molecule has 19 heavy (non-hydrogen) atoms. The Labute approximate surface area is 114 Å². The molecule has 1 aliphatic carbocycles. The maximum absolute atomic E-state index is 11.8. The highest BCUT2D eigenvalue weighted by molar-refractivity contribution is 5.89. The number of anilines is 1. The fourth-order valence-corrected chi connectivity index (χ4v) is 2.45. The zero-order chi connectivity index (χ0) is 13.7. The van der Waals surface area contributed by atoms with E-state index >= 15 is 0 Å². The van der Waals surface area contributed by atoms with Gasteiger partial charge in [0, 0.05) is 17.8 Å². The van der Waals surface area contributed by atoms with Crippen molar-refractivity contribution in [2.75, 3.05) is 12.3 Å². The lowest BCUT2D eigenvalue weighted by Gasteiger charge is -2.19. The second kappa shape index (κ2) is 6.57. The molecule has 0 aromatic heterocycles. The van der Waals surface area contributed by atoms with E-state index < -0.39 is 0 Å². The van der Waals surface area contributed by atoms with Crippen LogP contribution in [0.1, 0.15) is 43.0 Å². The summed E-state index contributed by atoms with van der Waals surface area (Å²) < 4.78 is 5.30. The molecule has 4 nitrogen and oxygen atoms in total. The number of esters is 1. The van der Waals surface area contributed by atoms with Crippen molar-refractivity contribution in [3.05, 3.63) is 29.8 Å². The number of nitrogen functional groups attached to an aromatic ring is 1. The van der Waals surface area contributed by atoms with Gasteiger partial charge >= 0.3 is 5.97 Å². The number of hydrogen-bond donors (Lipinski definition) is 2. The SMILES string of the molecule is CC(COC(=O)c1ccc(N)cc1)NC1CCCC1. The van der Waals surface area contributed by atoms with Crippen LogP contribution in [0.2, 0.25) is 0 Å². The largest absolute Gasteiger partial charge is 0.460 e. The van der Waals surface area contributed by atoms with Gasteiger partial charge in [-0.05, 0) is 44.0 Å². The van der Waals surface area contributed by atoms with Gasteiger partial charge in [0.05, 0.1) is 5.56 Å². The molecular weight excluding hydrogens is 240 g/mol. The molecule has 3 N–H and O–H groups in total. The van der Waals surface area contributed by atoms with Crippen LogP contribution in [-0.4, -0.2) is 24.7 Å². The number of ether oxygens (including phenoxy) is 1. The number of nitrogens with two attached hydrogens (primary N) is 1. The van der Waals surface area contributed by atoms with Crippen molar-refractivity contribution < 1.29 is 9.53 Å². The Hall–Kier alpha value is -1.55. The maximum atomic E-state index is 11.8. The normalized spacial score (nSPS) is 17.3. The third kappa shape index (κ3) is 4.24. The minimum absolute atomic E-state index is 0.195. The topological polar surface area (TPSA) is 64.3 Å². The molecule has 0 amide bonds. The first-order chi connectivity index (χ1) is 9.15. The van der Waals surface area contributed by atoms with Crippen molar-refractivity contribution in [1.29, 1.82) is 0 Å². The van der Waals surface area contributed by atoms with Crippen LogP contribution < -0.4 is 11.1 Å². The van der Waals surface area contributed by atoms with Crippen molar-refractivity contribution in [2.45, 2.75) is 44.7 Å². The Morgan fingerprint density at radius 1 is 1.37 bits per heavy atom. The summed E-state index contributed by atoms with van der Waals surface area (Å²) in [5, 5.41) is 3.50. The Kier molecular flexibility index (Phi) is 4.80. The molecule has 1 aliphatic rings. The van der Waals surface area contributed by atoms with E-state index in [-0.39, 0.29) is 12.0 Å². The average Bonchev–Trinajstić information content (AvgIpc) is 2.89. The van der Waals surface area contributed by atoms with Crippen LogP contribution in [-0.2, 0) is 4.74 Å². The first-order valence-corrected chi connectivity index (χ1v) is 6.94. The van der Waals surface area contributed by atoms with E-state index in [1.165, 1.54) is 25.7 Å². The molecule has 1 saturated carbocycles. The highest BCUT2D eigenvalue weighted by Gasteiger charge is 2.17. The summed E-state index contributed by atoms with van der Waals surface area (Å²) in [6, 6.07) is 7.57. The zero-order valence-corrected chi connectivity index (χ0v) is 11.4. The first-order valence-electron chi connectivity index (χ1n) is 6.94. The monoisotopic (exact) mass is 262 g/mol. The van der Waals surface area contributed by atoms with E-state index in [1.54, 1.807) is 24.3 Å². The molecule has 1 aromatic rings. The van der Waals surface area contributed by atoms with Gasteiger partial charge in [-0.3, -0.25) is 0 Å². The van der Waals surface area contributed by atoms with Crippen LogP contribution in [0.15, 0.2) is 24.3 Å². The van der Waals surface area contributed by atoms with Gasteiger partial charge in [-0.15, -0.1) is 0 Å². The quantitative estimate of drug-likeness (QED) is 0.631. The summed E-state index contributed by atoms with van der Waals surface area (Å²) in [4.78, 5) is 11.8. The van der Waals surface area contributed by atoms with Crippen molar-refractivity contribution in [3.8, 4) is 0 Å². The van der Waals surface area contributed by atoms with Crippen LogP contribution in [0.3, 0.4) is 0 Å². The lowest BCUT2D eigenvalue weighted by Crippen LogP contribution is -2.38. The minimum atomic E-state index is -0.292. The lowest BCUT2D eigenvalue weighted by atomic mass is 10.2. The molecule has 0 aliphatic heterocycles. The fourth-order valence-electron chi connectivity index (χ4n) is 2.45. The van der Waals surface area contributed by atoms with Gasteiger partial charge in [-0.25, -0.2) is 4.79 Å². The van der Waals surface area contributed by atoms with Gasteiger partial charge in [0.15, 0.2) is 0 Å². The molecule has 104 valence electrons. The van der Waals surface area contributed by atoms with Gasteiger partial charge < -0.3 is 15.8 Å². The lowest BCUT2D eigenvalue weighted by molar-refractivity contribution is 0.0467. The Morgan fingerprint density at radius 3 is 2.63 bits per heavy atom.